The number of amides is 1. The van der Waals surface area contributed by atoms with Crippen molar-refractivity contribution in [1.29, 1.82) is 0 Å². The summed E-state index contributed by atoms with van der Waals surface area (Å²) in [6, 6.07) is 12.3. The molecule has 3 rings (SSSR count). The fourth-order valence-corrected chi connectivity index (χ4v) is 2.73. The van der Waals surface area contributed by atoms with E-state index in [0.717, 1.165) is 0 Å². The molecule has 0 fully saturated rings. The molecular weight excluding hydrogens is 365 g/mol. The zero-order valence-electron chi connectivity index (χ0n) is 13.6. The average Bonchev–Trinajstić information content (AvgIpc) is 2.62. The number of ether oxygens (including phenoxy) is 3. The number of hydrogen-bond donors (Lipinski definition) is 0. The Kier molecular flexibility index (Phi) is 5.56. The molecular formula is C18H17Cl2NO4. The van der Waals surface area contributed by atoms with E-state index < -0.39 is 0 Å². The summed E-state index contributed by atoms with van der Waals surface area (Å²) < 4.78 is 17.0. The topological polar surface area (TPSA) is 48.0 Å². The number of nitrogens with zero attached hydrogens (tertiary/aromatic N) is 1. The van der Waals surface area contributed by atoms with E-state index in [4.69, 9.17) is 37.4 Å². The van der Waals surface area contributed by atoms with Crippen molar-refractivity contribution in [2.45, 2.75) is 6.10 Å². The van der Waals surface area contributed by atoms with Crippen LogP contribution in [0.4, 0.5) is 0 Å². The van der Waals surface area contributed by atoms with Crippen LogP contribution in [0.3, 0.4) is 0 Å². The number of likely N-dealkylation sites (N-methyl/N-ethyl adjacent to an activating group) is 1. The van der Waals surface area contributed by atoms with Gasteiger partial charge >= 0.3 is 0 Å². The monoisotopic (exact) mass is 381 g/mol. The van der Waals surface area contributed by atoms with Gasteiger partial charge in [-0.1, -0.05) is 35.3 Å². The lowest BCUT2D eigenvalue weighted by atomic mass is 10.2. The van der Waals surface area contributed by atoms with E-state index in [1.54, 1.807) is 30.1 Å². The van der Waals surface area contributed by atoms with Crippen LogP contribution in [0, 0.1) is 0 Å². The molecule has 0 radical (unpaired) electrons. The maximum Gasteiger partial charge on any atom is 0.260 e. The molecule has 0 bridgehead atoms. The Morgan fingerprint density at radius 2 is 2.00 bits per heavy atom. The Balaban J connectivity index is 1.52. The Hall–Kier alpha value is -2.11. The number of benzene rings is 2. The first-order valence-corrected chi connectivity index (χ1v) is 8.49. The van der Waals surface area contributed by atoms with E-state index in [1.165, 1.54) is 0 Å². The second-order valence-corrected chi connectivity index (χ2v) is 6.48. The maximum absolute atomic E-state index is 12.3. The first-order chi connectivity index (χ1) is 12.0. The van der Waals surface area contributed by atoms with Crippen molar-refractivity contribution in [3.8, 4) is 17.2 Å². The Morgan fingerprint density at radius 3 is 2.80 bits per heavy atom. The van der Waals surface area contributed by atoms with E-state index in [0.29, 0.717) is 40.4 Å². The van der Waals surface area contributed by atoms with Crippen LogP contribution in [0.1, 0.15) is 0 Å². The van der Waals surface area contributed by atoms with Crippen LogP contribution in [0.2, 0.25) is 10.0 Å². The number of halogens is 2. The van der Waals surface area contributed by atoms with Crippen LogP contribution in [0.25, 0.3) is 0 Å². The molecule has 0 N–H and O–H groups in total. The summed E-state index contributed by atoms with van der Waals surface area (Å²) in [5.74, 6) is 1.58. The highest BCUT2D eigenvalue weighted by atomic mass is 35.5. The Morgan fingerprint density at radius 1 is 1.24 bits per heavy atom. The van der Waals surface area contributed by atoms with Gasteiger partial charge in [-0.3, -0.25) is 4.79 Å². The van der Waals surface area contributed by atoms with Gasteiger partial charge < -0.3 is 19.1 Å². The fourth-order valence-electron chi connectivity index (χ4n) is 2.40. The van der Waals surface area contributed by atoms with Crippen LogP contribution in [-0.2, 0) is 4.79 Å². The Bertz CT molecular complexity index is 768. The van der Waals surface area contributed by atoms with Gasteiger partial charge in [-0.05, 0) is 24.3 Å². The summed E-state index contributed by atoms with van der Waals surface area (Å²) in [4.78, 5) is 13.8. The van der Waals surface area contributed by atoms with Crippen molar-refractivity contribution in [3.63, 3.8) is 0 Å². The lowest BCUT2D eigenvalue weighted by Gasteiger charge is -2.29. The van der Waals surface area contributed by atoms with E-state index >= 15 is 0 Å². The summed E-state index contributed by atoms with van der Waals surface area (Å²) in [5.41, 5.74) is 0. The van der Waals surface area contributed by atoms with Gasteiger partial charge in [0.05, 0.1) is 11.6 Å². The Labute approximate surface area is 156 Å². The number of carbonyl (C=O) groups excluding carboxylic acids is 1. The zero-order chi connectivity index (χ0) is 17.8. The van der Waals surface area contributed by atoms with Gasteiger partial charge in [0.2, 0.25) is 0 Å². The molecule has 1 aliphatic heterocycles. The number of hydrogen-bond acceptors (Lipinski definition) is 4. The number of rotatable bonds is 5. The summed E-state index contributed by atoms with van der Waals surface area (Å²) >= 11 is 11.9. The third kappa shape index (κ3) is 4.50. The van der Waals surface area contributed by atoms with Gasteiger partial charge in [0.15, 0.2) is 24.2 Å². The van der Waals surface area contributed by atoms with Gasteiger partial charge in [0.25, 0.3) is 5.91 Å². The lowest BCUT2D eigenvalue weighted by Crippen LogP contribution is -2.43. The summed E-state index contributed by atoms with van der Waals surface area (Å²) in [6.07, 6.45) is -0.237. The number of fused-ring (bicyclic) bond motifs is 1. The SMILES string of the molecule is CN(CC1COc2ccccc2O1)C(=O)COc1cc(Cl)ccc1Cl. The van der Waals surface area contributed by atoms with Crippen LogP contribution >= 0.6 is 23.2 Å². The molecule has 25 heavy (non-hydrogen) atoms. The minimum Gasteiger partial charge on any atom is -0.486 e. The highest BCUT2D eigenvalue weighted by Gasteiger charge is 2.24. The standard InChI is InChI=1S/C18H17Cl2NO4/c1-21(9-13-10-23-15-4-2-3-5-16(15)25-13)18(22)11-24-17-8-12(19)6-7-14(17)20/h2-8,13H,9-11H2,1H3. The van der Waals surface area contributed by atoms with Gasteiger partial charge in [-0.25, -0.2) is 0 Å². The molecule has 1 heterocycles. The normalized spacial score (nSPS) is 15.6. The fraction of sp³-hybridized carbons (Fsp3) is 0.278. The molecule has 1 atom stereocenters. The minimum atomic E-state index is -0.237. The molecule has 5 nitrogen and oxygen atoms in total. The van der Waals surface area contributed by atoms with Crippen molar-refractivity contribution in [3.05, 3.63) is 52.5 Å². The second-order valence-electron chi connectivity index (χ2n) is 5.64. The van der Waals surface area contributed by atoms with Gasteiger partial charge in [0.1, 0.15) is 12.4 Å². The smallest absolute Gasteiger partial charge is 0.260 e. The number of para-hydroxylation sites is 2. The first kappa shape index (κ1) is 17.7. The van der Waals surface area contributed by atoms with E-state index in [-0.39, 0.29) is 18.6 Å². The molecule has 1 unspecified atom stereocenters. The first-order valence-electron chi connectivity index (χ1n) is 7.73. The average molecular weight is 382 g/mol. The number of carbonyl (C=O) groups is 1. The van der Waals surface area contributed by atoms with E-state index in [2.05, 4.69) is 0 Å². The molecule has 1 aliphatic rings. The molecule has 2 aromatic rings. The van der Waals surface area contributed by atoms with Crippen molar-refractivity contribution >= 4 is 29.1 Å². The molecule has 0 saturated heterocycles. The van der Waals surface area contributed by atoms with Crippen molar-refractivity contribution in [1.82, 2.24) is 4.90 Å². The molecule has 132 valence electrons. The highest BCUT2D eigenvalue weighted by Crippen LogP contribution is 2.31. The molecule has 0 spiro atoms. The minimum absolute atomic E-state index is 0.138. The summed E-state index contributed by atoms with van der Waals surface area (Å²) in [6.45, 7) is 0.635. The highest BCUT2D eigenvalue weighted by molar-refractivity contribution is 6.34. The lowest BCUT2D eigenvalue weighted by molar-refractivity contribution is -0.133. The predicted octanol–water partition coefficient (Wildman–Crippen LogP) is 3.67. The van der Waals surface area contributed by atoms with Crippen molar-refractivity contribution < 1.29 is 19.0 Å². The van der Waals surface area contributed by atoms with Crippen LogP contribution in [0.5, 0.6) is 17.2 Å². The van der Waals surface area contributed by atoms with Crippen molar-refractivity contribution in [2.24, 2.45) is 0 Å². The second kappa shape index (κ2) is 7.85. The van der Waals surface area contributed by atoms with Gasteiger partial charge in [-0.15, -0.1) is 0 Å². The molecule has 0 aromatic heterocycles. The van der Waals surface area contributed by atoms with Gasteiger partial charge in [-0.2, -0.15) is 0 Å². The molecule has 0 aliphatic carbocycles. The van der Waals surface area contributed by atoms with Crippen LogP contribution in [-0.4, -0.2) is 43.7 Å². The quantitative estimate of drug-likeness (QED) is 0.792. The third-order valence-corrected chi connectivity index (χ3v) is 4.26. The zero-order valence-corrected chi connectivity index (χ0v) is 15.1. The molecule has 7 heteroatoms. The summed E-state index contributed by atoms with van der Waals surface area (Å²) in [5, 5.41) is 0.895. The largest absolute Gasteiger partial charge is 0.486 e. The van der Waals surface area contributed by atoms with Crippen LogP contribution in [0.15, 0.2) is 42.5 Å². The van der Waals surface area contributed by atoms with Crippen molar-refractivity contribution in [2.75, 3.05) is 26.8 Å². The summed E-state index contributed by atoms with van der Waals surface area (Å²) in [7, 11) is 1.69. The predicted molar refractivity (Wildman–Crippen MR) is 95.9 cm³/mol. The van der Waals surface area contributed by atoms with Gasteiger partial charge in [0, 0.05) is 18.1 Å². The van der Waals surface area contributed by atoms with E-state index in [9.17, 15) is 4.79 Å². The maximum atomic E-state index is 12.3. The molecule has 2 aromatic carbocycles. The third-order valence-electron chi connectivity index (χ3n) is 3.72. The van der Waals surface area contributed by atoms with E-state index in [1.807, 2.05) is 24.3 Å². The van der Waals surface area contributed by atoms with Crippen LogP contribution < -0.4 is 14.2 Å². The molecule has 1 amide bonds. The molecule has 0 saturated carbocycles.